The lowest BCUT2D eigenvalue weighted by Gasteiger charge is -2.29. The van der Waals surface area contributed by atoms with Crippen molar-refractivity contribution >= 4 is 29.1 Å². The van der Waals surface area contributed by atoms with E-state index in [0.717, 1.165) is 17.6 Å². The van der Waals surface area contributed by atoms with E-state index in [9.17, 15) is 13.2 Å². The predicted octanol–water partition coefficient (Wildman–Crippen LogP) is 4.18. The first kappa shape index (κ1) is 17.6. The molecule has 2 N–H and O–H groups in total. The normalized spacial score (nSPS) is 14.1. The van der Waals surface area contributed by atoms with E-state index in [1.807, 2.05) is 0 Å². The topological polar surface area (TPSA) is 69.7 Å². The molecule has 3 heterocycles. The smallest absolute Gasteiger partial charge is 0.350 e. The number of benzene rings is 1. The molecule has 0 bridgehead atoms. The molecule has 0 radical (unpaired) electrons. The van der Waals surface area contributed by atoms with E-state index in [1.54, 1.807) is 35.5 Å². The number of H-pyrrole nitrogens is 1. The Hall–Kier alpha value is -2.81. The van der Waals surface area contributed by atoms with Crippen LogP contribution in [-0.2, 0) is 19.1 Å². The number of nitrogens with zero attached hydrogens (tertiary/aromatic N) is 4. The van der Waals surface area contributed by atoms with Gasteiger partial charge in [0.15, 0.2) is 0 Å². The van der Waals surface area contributed by atoms with Crippen LogP contribution in [0.4, 0.5) is 30.6 Å². The van der Waals surface area contributed by atoms with Gasteiger partial charge in [0.25, 0.3) is 0 Å². The number of rotatable bonds is 3. The predicted molar refractivity (Wildman–Crippen MR) is 95.1 cm³/mol. The number of halogens is 4. The van der Waals surface area contributed by atoms with Crippen LogP contribution in [0.15, 0.2) is 36.8 Å². The van der Waals surface area contributed by atoms with Gasteiger partial charge in [-0.25, -0.2) is 9.97 Å². The number of hydrogen-bond donors (Lipinski definition) is 2. The zero-order valence-corrected chi connectivity index (χ0v) is 14.6. The van der Waals surface area contributed by atoms with Crippen molar-refractivity contribution in [3.63, 3.8) is 0 Å². The van der Waals surface area contributed by atoms with E-state index in [1.165, 1.54) is 0 Å². The fraction of sp³-hybridized carbons (Fsp3) is 0.235. The maximum absolute atomic E-state index is 13.5. The zero-order valence-electron chi connectivity index (χ0n) is 13.9. The highest BCUT2D eigenvalue weighted by atomic mass is 35.5. The summed E-state index contributed by atoms with van der Waals surface area (Å²) in [6.45, 7) is 0.661. The largest absolute Gasteiger partial charge is 0.421 e. The van der Waals surface area contributed by atoms with Gasteiger partial charge in [0, 0.05) is 29.9 Å². The van der Waals surface area contributed by atoms with Crippen LogP contribution in [0.3, 0.4) is 0 Å². The molecule has 2 aromatic heterocycles. The molecular formula is C17H14ClF3N6. The number of alkyl halides is 3. The van der Waals surface area contributed by atoms with E-state index >= 15 is 0 Å². The van der Waals surface area contributed by atoms with Crippen molar-refractivity contribution in [2.45, 2.75) is 19.1 Å². The monoisotopic (exact) mass is 394 g/mol. The standard InChI is InChI=1S/C17H14ClF3N6/c18-10-1-3-11(4-2-10)25-16-22-7-12(17(19,20)21)15(26-16)27-6-5-13-14(8-27)24-9-23-13/h1-4,7,9H,5-6,8H2,(H,23,24)(H,22,25,26). The number of aromatic nitrogens is 4. The summed E-state index contributed by atoms with van der Waals surface area (Å²) in [5, 5.41) is 3.46. The summed E-state index contributed by atoms with van der Waals surface area (Å²) in [5.74, 6) is -0.0788. The number of fused-ring (bicyclic) bond motifs is 1. The Kier molecular flexibility index (Phi) is 4.39. The highest BCUT2D eigenvalue weighted by Crippen LogP contribution is 2.37. The Labute approximate surface area is 157 Å². The van der Waals surface area contributed by atoms with E-state index in [0.29, 0.717) is 23.7 Å². The molecule has 0 atom stereocenters. The second kappa shape index (κ2) is 6.73. The molecule has 4 rings (SSSR count). The molecular weight excluding hydrogens is 381 g/mol. The molecule has 1 aliphatic rings. The van der Waals surface area contributed by atoms with Crippen molar-refractivity contribution in [1.29, 1.82) is 0 Å². The molecule has 1 aromatic carbocycles. The fourth-order valence-corrected chi connectivity index (χ4v) is 3.06. The minimum atomic E-state index is -4.55. The lowest BCUT2D eigenvalue weighted by atomic mass is 10.1. The lowest BCUT2D eigenvalue weighted by Crippen LogP contribution is -2.33. The number of nitrogens with one attached hydrogen (secondary N) is 2. The maximum Gasteiger partial charge on any atom is 0.421 e. The van der Waals surface area contributed by atoms with Gasteiger partial charge in [0.05, 0.1) is 24.3 Å². The van der Waals surface area contributed by atoms with E-state index in [-0.39, 0.29) is 18.3 Å². The van der Waals surface area contributed by atoms with Gasteiger partial charge in [-0.05, 0) is 24.3 Å². The minimum absolute atomic E-state index is 0.0794. The average molecular weight is 395 g/mol. The Balaban J connectivity index is 1.68. The Morgan fingerprint density at radius 2 is 1.93 bits per heavy atom. The summed E-state index contributed by atoms with van der Waals surface area (Å²) < 4.78 is 40.4. The van der Waals surface area contributed by atoms with Crippen molar-refractivity contribution in [3.05, 3.63) is 58.8 Å². The van der Waals surface area contributed by atoms with E-state index in [4.69, 9.17) is 11.6 Å². The summed E-state index contributed by atoms with van der Waals surface area (Å²) in [6.07, 6.45) is -1.65. The van der Waals surface area contributed by atoms with Crippen molar-refractivity contribution < 1.29 is 13.2 Å². The number of hydrogen-bond acceptors (Lipinski definition) is 5. The van der Waals surface area contributed by atoms with Gasteiger partial charge in [-0.1, -0.05) is 11.6 Å². The third-order valence-corrected chi connectivity index (χ3v) is 4.50. The summed E-state index contributed by atoms with van der Waals surface area (Å²) in [7, 11) is 0. The van der Waals surface area contributed by atoms with Gasteiger partial charge in [0.2, 0.25) is 5.95 Å². The van der Waals surface area contributed by atoms with Crippen LogP contribution in [0.5, 0.6) is 0 Å². The van der Waals surface area contributed by atoms with Crippen molar-refractivity contribution in [1.82, 2.24) is 19.9 Å². The summed E-state index contributed by atoms with van der Waals surface area (Å²) >= 11 is 5.85. The van der Waals surface area contributed by atoms with Crippen molar-refractivity contribution in [2.75, 3.05) is 16.8 Å². The summed E-state index contributed by atoms with van der Waals surface area (Å²) in [5.41, 5.74) is 1.42. The highest BCUT2D eigenvalue weighted by Gasteiger charge is 2.37. The van der Waals surface area contributed by atoms with Crippen LogP contribution < -0.4 is 10.2 Å². The van der Waals surface area contributed by atoms with Gasteiger partial charge in [-0.15, -0.1) is 0 Å². The molecule has 3 aromatic rings. The van der Waals surface area contributed by atoms with E-state index in [2.05, 4.69) is 25.3 Å². The molecule has 0 spiro atoms. The average Bonchev–Trinajstić information content (AvgIpc) is 3.10. The molecule has 140 valence electrons. The van der Waals surface area contributed by atoms with Crippen molar-refractivity contribution in [3.8, 4) is 0 Å². The lowest BCUT2D eigenvalue weighted by molar-refractivity contribution is -0.137. The van der Waals surface area contributed by atoms with Crippen LogP contribution in [0.25, 0.3) is 0 Å². The Bertz CT molecular complexity index is 954. The first-order chi connectivity index (χ1) is 12.9. The third-order valence-electron chi connectivity index (χ3n) is 4.25. The molecule has 1 aliphatic heterocycles. The van der Waals surface area contributed by atoms with Crippen molar-refractivity contribution in [2.24, 2.45) is 0 Å². The van der Waals surface area contributed by atoms with Gasteiger partial charge in [-0.3, -0.25) is 0 Å². The quantitative estimate of drug-likeness (QED) is 0.697. The number of imidazole rings is 1. The molecule has 0 saturated carbocycles. The molecule has 0 fully saturated rings. The van der Waals surface area contributed by atoms with Gasteiger partial charge in [-0.2, -0.15) is 18.2 Å². The second-order valence-electron chi connectivity index (χ2n) is 6.06. The van der Waals surface area contributed by atoms with Crippen LogP contribution in [0, 0.1) is 0 Å². The van der Waals surface area contributed by atoms with Crippen LogP contribution in [0.2, 0.25) is 5.02 Å². The van der Waals surface area contributed by atoms with Crippen LogP contribution in [-0.4, -0.2) is 26.5 Å². The minimum Gasteiger partial charge on any atom is -0.350 e. The molecule has 0 amide bonds. The molecule has 6 nitrogen and oxygen atoms in total. The summed E-state index contributed by atoms with van der Waals surface area (Å²) in [6, 6.07) is 6.72. The Morgan fingerprint density at radius 3 is 2.67 bits per heavy atom. The SMILES string of the molecule is FC(F)(F)c1cnc(Nc2ccc(Cl)cc2)nc1N1CCc2nc[nH]c2C1. The Morgan fingerprint density at radius 1 is 1.15 bits per heavy atom. The molecule has 0 aliphatic carbocycles. The van der Waals surface area contributed by atoms with E-state index < -0.39 is 11.7 Å². The first-order valence-corrected chi connectivity index (χ1v) is 8.51. The summed E-state index contributed by atoms with van der Waals surface area (Å²) in [4.78, 5) is 16.7. The molecule has 0 unspecified atom stereocenters. The van der Waals surface area contributed by atoms with Gasteiger partial charge in [0.1, 0.15) is 11.4 Å². The maximum atomic E-state index is 13.5. The van der Waals surface area contributed by atoms with Crippen LogP contribution >= 0.6 is 11.6 Å². The highest BCUT2D eigenvalue weighted by molar-refractivity contribution is 6.30. The fourth-order valence-electron chi connectivity index (χ4n) is 2.93. The van der Waals surface area contributed by atoms with Gasteiger partial charge >= 0.3 is 6.18 Å². The number of aromatic amines is 1. The van der Waals surface area contributed by atoms with Gasteiger partial charge < -0.3 is 15.2 Å². The second-order valence-corrected chi connectivity index (χ2v) is 6.50. The third kappa shape index (κ3) is 3.68. The first-order valence-electron chi connectivity index (χ1n) is 8.13. The molecule has 10 heteroatoms. The zero-order chi connectivity index (χ0) is 19.0. The molecule has 27 heavy (non-hydrogen) atoms. The molecule has 0 saturated heterocycles. The number of anilines is 3. The van der Waals surface area contributed by atoms with Crippen LogP contribution in [0.1, 0.15) is 17.0 Å².